The molecular weight excluding hydrogens is 418 g/mol. The van der Waals surface area contributed by atoms with E-state index in [1.165, 1.54) is 0 Å². The summed E-state index contributed by atoms with van der Waals surface area (Å²) in [4.78, 5) is 0. The molecule has 0 amide bonds. The maximum Gasteiger partial charge on any atom is 0.389 e. The number of halogens is 6. The van der Waals surface area contributed by atoms with Gasteiger partial charge in [0, 0.05) is 24.3 Å². The third kappa shape index (κ3) is 26.3. The molecule has 0 nitrogen and oxygen atoms in total. The third-order valence-corrected chi connectivity index (χ3v) is 7.04. The average Bonchev–Trinajstić information content (AvgIpc) is 2.58. The third-order valence-electron chi connectivity index (χ3n) is 4.46. The first-order valence-corrected chi connectivity index (χ1v) is 13.1. The average molecular weight is 455 g/mol. The van der Waals surface area contributed by atoms with Crippen LogP contribution in [0.15, 0.2) is 0 Å². The van der Waals surface area contributed by atoms with Crippen molar-refractivity contribution in [2.45, 2.75) is 115 Å². The van der Waals surface area contributed by atoms with Crippen LogP contribution in [-0.2, 0) is 0 Å². The lowest BCUT2D eigenvalue weighted by Crippen LogP contribution is -2.06. The van der Waals surface area contributed by atoms with Crippen molar-refractivity contribution < 1.29 is 26.3 Å². The molecule has 28 heavy (non-hydrogen) atoms. The van der Waals surface area contributed by atoms with Crippen molar-refractivity contribution in [1.29, 1.82) is 0 Å². The van der Waals surface area contributed by atoms with Crippen LogP contribution >= 0.6 is 21.6 Å². The van der Waals surface area contributed by atoms with E-state index in [-0.39, 0.29) is 12.8 Å². The van der Waals surface area contributed by atoms with E-state index in [0.717, 1.165) is 75.7 Å². The number of hydrogen-bond donors (Lipinski definition) is 0. The van der Waals surface area contributed by atoms with Crippen molar-refractivity contribution >= 4 is 21.6 Å². The summed E-state index contributed by atoms with van der Waals surface area (Å²) >= 11 is 0. The Morgan fingerprint density at radius 2 is 0.607 bits per heavy atom. The fourth-order valence-corrected chi connectivity index (χ4v) is 5.15. The van der Waals surface area contributed by atoms with Crippen molar-refractivity contribution in [3.8, 4) is 0 Å². The van der Waals surface area contributed by atoms with Crippen molar-refractivity contribution in [2.24, 2.45) is 0 Å². The van der Waals surface area contributed by atoms with Gasteiger partial charge in [0.05, 0.1) is 0 Å². The van der Waals surface area contributed by atoms with Gasteiger partial charge in [0.25, 0.3) is 0 Å². The first-order valence-electron chi connectivity index (χ1n) is 10.6. The summed E-state index contributed by atoms with van der Waals surface area (Å²) in [6.45, 7) is 0. The molecule has 0 rings (SSSR count). The summed E-state index contributed by atoms with van der Waals surface area (Å²) in [5.41, 5.74) is 0. The first kappa shape index (κ1) is 28.3. The minimum absolute atomic E-state index is 0.258. The van der Waals surface area contributed by atoms with Gasteiger partial charge >= 0.3 is 12.4 Å². The lowest BCUT2D eigenvalue weighted by molar-refractivity contribution is -0.136. The van der Waals surface area contributed by atoms with Crippen LogP contribution in [0.2, 0.25) is 0 Å². The second-order valence-electron chi connectivity index (χ2n) is 7.32. The molecule has 0 saturated carbocycles. The highest BCUT2D eigenvalue weighted by molar-refractivity contribution is 8.76. The van der Waals surface area contributed by atoms with E-state index in [4.69, 9.17) is 0 Å². The maximum absolute atomic E-state index is 12.0. The summed E-state index contributed by atoms with van der Waals surface area (Å²) in [7, 11) is 3.78. The molecule has 0 aliphatic rings. The van der Waals surface area contributed by atoms with Crippen molar-refractivity contribution in [1.82, 2.24) is 0 Å². The molecule has 0 spiro atoms. The molecule has 0 saturated heterocycles. The predicted octanol–water partition coefficient (Wildman–Crippen LogP) is 9.73. The van der Waals surface area contributed by atoms with Crippen LogP contribution in [0.5, 0.6) is 0 Å². The molecule has 0 atom stereocenters. The van der Waals surface area contributed by atoms with Gasteiger partial charge in [-0.25, -0.2) is 0 Å². The molecule has 0 bridgehead atoms. The molecular formula is C20H36F6S2. The second kappa shape index (κ2) is 18.1. The van der Waals surface area contributed by atoms with Crippen LogP contribution in [0.25, 0.3) is 0 Å². The molecule has 0 fully saturated rings. The molecule has 0 aromatic heterocycles. The van der Waals surface area contributed by atoms with E-state index < -0.39 is 25.2 Å². The maximum atomic E-state index is 12.0. The highest BCUT2D eigenvalue weighted by atomic mass is 33.1. The molecule has 0 aromatic rings. The summed E-state index contributed by atoms with van der Waals surface area (Å²) in [6.07, 6.45) is 3.30. The topological polar surface area (TPSA) is 0 Å². The van der Waals surface area contributed by atoms with Crippen molar-refractivity contribution in [2.75, 3.05) is 11.5 Å². The van der Waals surface area contributed by atoms with E-state index in [1.807, 2.05) is 21.6 Å². The molecule has 0 aliphatic carbocycles. The van der Waals surface area contributed by atoms with Crippen LogP contribution in [0.4, 0.5) is 26.3 Å². The lowest BCUT2D eigenvalue weighted by Gasteiger charge is -2.06. The van der Waals surface area contributed by atoms with Gasteiger partial charge in [0.1, 0.15) is 0 Å². The highest BCUT2D eigenvalue weighted by Gasteiger charge is 2.26. The predicted molar refractivity (Wildman–Crippen MR) is 111 cm³/mol. The Bertz CT molecular complexity index is 300. The number of unbranched alkanes of at least 4 members (excludes halogenated alkanes) is 12. The van der Waals surface area contributed by atoms with Gasteiger partial charge in [0.15, 0.2) is 0 Å². The summed E-state index contributed by atoms with van der Waals surface area (Å²) < 4.78 is 71.8. The van der Waals surface area contributed by atoms with Crippen LogP contribution in [-0.4, -0.2) is 23.9 Å². The van der Waals surface area contributed by atoms with E-state index in [9.17, 15) is 26.3 Å². The lowest BCUT2D eigenvalue weighted by atomic mass is 10.1. The Morgan fingerprint density at radius 1 is 0.357 bits per heavy atom. The highest BCUT2D eigenvalue weighted by Crippen LogP contribution is 2.26. The smallest absolute Gasteiger partial charge is 0.171 e. The van der Waals surface area contributed by atoms with Gasteiger partial charge in [-0.05, 0) is 25.7 Å². The van der Waals surface area contributed by atoms with Crippen LogP contribution in [0, 0.1) is 0 Å². The molecule has 0 unspecified atom stereocenters. The van der Waals surface area contributed by atoms with Crippen LogP contribution in [0.1, 0.15) is 103 Å². The molecule has 8 heteroatoms. The summed E-state index contributed by atoms with van der Waals surface area (Å²) in [5.74, 6) is 2.25. The molecule has 0 aliphatic heterocycles. The standard InChI is InChI=1S/C20H36F6S2/c21-19(22,23)15-11-7-3-1-5-9-13-17-27-28-18-14-10-6-2-4-8-12-16-20(24,25)26/h1-18H2. The molecule has 170 valence electrons. The van der Waals surface area contributed by atoms with Gasteiger partial charge < -0.3 is 0 Å². The zero-order chi connectivity index (χ0) is 21.1. The normalized spacial score (nSPS) is 12.6. The monoisotopic (exact) mass is 454 g/mol. The van der Waals surface area contributed by atoms with Crippen LogP contribution in [0.3, 0.4) is 0 Å². The van der Waals surface area contributed by atoms with Crippen molar-refractivity contribution in [3.63, 3.8) is 0 Å². The molecule has 0 N–H and O–H groups in total. The Hall–Kier alpha value is 0.280. The molecule has 0 radical (unpaired) electrons. The first-order chi connectivity index (χ1) is 13.2. The SMILES string of the molecule is FC(F)(F)CCCCCCCCCSSCCCCCCCCCC(F)(F)F. The minimum Gasteiger partial charge on any atom is -0.171 e. The Labute approximate surface area is 174 Å². The molecule has 0 aromatic carbocycles. The fraction of sp³-hybridized carbons (Fsp3) is 1.00. The minimum atomic E-state index is -4.01. The van der Waals surface area contributed by atoms with Gasteiger partial charge in [-0.2, -0.15) is 26.3 Å². The number of alkyl halides is 6. The van der Waals surface area contributed by atoms with E-state index in [1.54, 1.807) is 0 Å². The van der Waals surface area contributed by atoms with Gasteiger partial charge in [0.2, 0.25) is 0 Å². The zero-order valence-corrected chi connectivity index (χ0v) is 18.4. The van der Waals surface area contributed by atoms with Gasteiger partial charge in [-0.3, -0.25) is 0 Å². The number of rotatable bonds is 19. The Morgan fingerprint density at radius 3 is 0.893 bits per heavy atom. The Balaban J connectivity index is 3.07. The number of hydrogen-bond acceptors (Lipinski definition) is 2. The summed E-state index contributed by atoms with van der Waals surface area (Å²) in [5, 5.41) is 0. The fourth-order valence-electron chi connectivity index (χ4n) is 2.86. The van der Waals surface area contributed by atoms with Gasteiger partial charge in [-0.15, -0.1) is 0 Å². The van der Waals surface area contributed by atoms with Crippen LogP contribution < -0.4 is 0 Å². The molecule has 0 heterocycles. The second-order valence-corrected chi connectivity index (χ2v) is 10.0. The Kier molecular flexibility index (Phi) is 18.3. The quantitative estimate of drug-likeness (QED) is 0.108. The van der Waals surface area contributed by atoms with E-state index in [0.29, 0.717) is 12.8 Å². The van der Waals surface area contributed by atoms with E-state index in [2.05, 4.69) is 0 Å². The largest absolute Gasteiger partial charge is 0.389 e. The van der Waals surface area contributed by atoms with E-state index >= 15 is 0 Å². The zero-order valence-electron chi connectivity index (χ0n) is 16.8. The summed E-state index contributed by atoms with van der Waals surface area (Å²) in [6, 6.07) is 0. The van der Waals surface area contributed by atoms with Gasteiger partial charge in [-0.1, -0.05) is 85.8 Å². The van der Waals surface area contributed by atoms with Crippen molar-refractivity contribution in [3.05, 3.63) is 0 Å².